The van der Waals surface area contributed by atoms with Crippen LogP contribution in [-0.4, -0.2) is 12.6 Å². The molecule has 1 saturated carbocycles. The third kappa shape index (κ3) is 3.70. The molecule has 2 rings (SSSR count). The average molecular weight is 272 g/mol. The van der Waals surface area contributed by atoms with Gasteiger partial charge in [0.25, 0.3) is 0 Å². The Morgan fingerprint density at radius 2 is 2.00 bits per heavy atom. The van der Waals surface area contributed by atoms with Crippen LogP contribution >= 0.6 is 22.9 Å². The molecule has 2 unspecified atom stereocenters. The summed E-state index contributed by atoms with van der Waals surface area (Å²) >= 11 is 7.63. The summed E-state index contributed by atoms with van der Waals surface area (Å²) in [5.41, 5.74) is 0. The van der Waals surface area contributed by atoms with Crippen molar-refractivity contribution in [2.75, 3.05) is 6.54 Å². The van der Waals surface area contributed by atoms with E-state index in [1.54, 1.807) is 11.3 Å². The fourth-order valence-electron chi connectivity index (χ4n) is 2.93. The molecule has 0 aliphatic heterocycles. The van der Waals surface area contributed by atoms with Gasteiger partial charge >= 0.3 is 0 Å². The molecule has 1 N–H and O–H groups in total. The Hall–Kier alpha value is -0.0500. The molecular weight excluding hydrogens is 250 g/mol. The molecule has 1 aliphatic carbocycles. The molecule has 0 radical (unpaired) electrons. The summed E-state index contributed by atoms with van der Waals surface area (Å²) in [7, 11) is 0. The Bertz CT molecular complexity index is 340. The highest BCUT2D eigenvalue weighted by Crippen LogP contribution is 2.29. The van der Waals surface area contributed by atoms with Gasteiger partial charge in [0.2, 0.25) is 0 Å². The van der Waals surface area contributed by atoms with Crippen LogP contribution in [0.25, 0.3) is 0 Å². The molecule has 1 aliphatic rings. The Morgan fingerprint density at radius 1 is 1.29 bits per heavy atom. The molecule has 1 aromatic rings. The quantitative estimate of drug-likeness (QED) is 0.858. The van der Waals surface area contributed by atoms with Crippen molar-refractivity contribution < 1.29 is 0 Å². The van der Waals surface area contributed by atoms with Crippen molar-refractivity contribution in [1.29, 1.82) is 0 Å². The highest BCUT2D eigenvalue weighted by Gasteiger charge is 2.26. The van der Waals surface area contributed by atoms with Gasteiger partial charge in [-0.05, 0) is 43.2 Å². The summed E-state index contributed by atoms with van der Waals surface area (Å²) in [6.45, 7) is 5.85. The highest BCUT2D eigenvalue weighted by atomic mass is 35.5. The molecule has 17 heavy (non-hydrogen) atoms. The third-order valence-electron chi connectivity index (χ3n) is 3.93. The Labute approximate surface area is 114 Å². The largest absolute Gasteiger partial charge is 0.313 e. The second kappa shape index (κ2) is 6.21. The van der Waals surface area contributed by atoms with Gasteiger partial charge in [-0.15, -0.1) is 11.3 Å². The summed E-state index contributed by atoms with van der Waals surface area (Å²) in [6.07, 6.45) is 5.27. The number of hydrogen-bond donors (Lipinski definition) is 1. The van der Waals surface area contributed by atoms with Gasteiger partial charge < -0.3 is 5.32 Å². The van der Waals surface area contributed by atoms with Crippen LogP contribution in [0.5, 0.6) is 0 Å². The van der Waals surface area contributed by atoms with E-state index in [0.717, 1.165) is 29.1 Å². The first-order valence-corrected chi connectivity index (χ1v) is 7.84. The van der Waals surface area contributed by atoms with Crippen LogP contribution in [0.3, 0.4) is 0 Å². The normalized spacial score (nSPS) is 29.5. The molecule has 1 nitrogen and oxygen atoms in total. The van der Waals surface area contributed by atoms with E-state index >= 15 is 0 Å². The summed E-state index contributed by atoms with van der Waals surface area (Å²) in [6, 6.07) is 4.84. The molecule has 1 aromatic heterocycles. The number of halogens is 1. The predicted molar refractivity (Wildman–Crippen MR) is 77.0 cm³/mol. The lowest BCUT2D eigenvalue weighted by atomic mass is 9.79. The Balaban J connectivity index is 1.77. The molecule has 96 valence electrons. The zero-order valence-corrected chi connectivity index (χ0v) is 12.3. The number of hydrogen-bond acceptors (Lipinski definition) is 2. The molecule has 0 bridgehead atoms. The summed E-state index contributed by atoms with van der Waals surface area (Å²) in [5, 5.41) is 3.74. The monoisotopic (exact) mass is 271 g/mol. The fraction of sp³-hybridized carbons (Fsp3) is 0.714. The van der Waals surface area contributed by atoms with Crippen molar-refractivity contribution in [3.05, 3.63) is 21.3 Å². The number of thiophene rings is 1. The molecule has 1 fully saturated rings. The van der Waals surface area contributed by atoms with Gasteiger partial charge in [0, 0.05) is 17.5 Å². The fourth-order valence-corrected chi connectivity index (χ4v) is 4.02. The lowest BCUT2D eigenvalue weighted by Gasteiger charge is -2.35. The second-order valence-electron chi connectivity index (χ2n) is 5.32. The number of rotatable bonds is 4. The van der Waals surface area contributed by atoms with Crippen molar-refractivity contribution in [1.82, 2.24) is 5.32 Å². The Kier molecular flexibility index (Phi) is 4.89. The molecular formula is C14H22ClNS. The van der Waals surface area contributed by atoms with Gasteiger partial charge in [-0.3, -0.25) is 0 Å². The molecule has 0 aromatic carbocycles. The molecule has 0 spiro atoms. The minimum absolute atomic E-state index is 0.708. The van der Waals surface area contributed by atoms with Crippen LogP contribution in [0.4, 0.5) is 0 Å². The standard InChI is InChI=1S/C14H22ClNS/c1-10-4-3-5-11(2)14(10)16-9-8-12-6-7-13(15)17-12/h6-7,10-11,14,16H,3-5,8-9H2,1-2H3. The van der Waals surface area contributed by atoms with E-state index in [1.165, 1.54) is 24.1 Å². The SMILES string of the molecule is CC1CCCC(C)C1NCCc1ccc(Cl)s1. The zero-order valence-electron chi connectivity index (χ0n) is 10.7. The summed E-state index contributed by atoms with van der Waals surface area (Å²) < 4.78 is 0.902. The van der Waals surface area contributed by atoms with E-state index in [4.69, 9.17) is 11.6 Å². The Morgan fingerprint density at radius 3 is 2.59 bits per heavy atom. The molecule has 0 saturated heterocycles. The van der Waals surface area contributed by atoms with Crippen molar-refractivity contribution >= 4 is 22.9 Å². The summed E-state index contributed by atoms with van der Waals surface area (Å²) in [5.74, 6) is 1.65. The van der Waals surface area contributed by atoms with E-state index in [0.29, 0.717) is 6.04 Å². The van der Waals surface area contributed by atoms with Crippen LogP contribution in [0, 0.1) is 11.8 Å². The van der Waals surface area contributed by atoms with Crippen LogP contribution < -0.4 is 5.32 Å². The molecule has 3 heteroatoms. The summed E-state index contributed by atoms with van der Waals surface area (Å²) in [4.78, 5) is 1.39. The lowest BCUT2D eigenvalue weighted by molar-refractivity contribution is 0.210. The smallest absolute Gasteiger partial charge is 0.0931 e. The van der Waals surface area contributed by atoms with E-state index in [2.05, 4.69) is 25.2 Å². The van der Waals surface area contributed by atoms with Crippen molar-refractivity contribution in [3.63, 3.8) is 0 Å². The minimum Gasteiger partial charge on any atom is -0.313 e. The maximum atomic E-state index is 5.93. The van der Waals surface area contributed by atoms with Crippen LogP contribution in [-0.2, 0) is 6.42 Å². The topological polar surface area (TPSA) is 12.0 Å². The first-order chi connectivity index (χ1) is 8.16. The van der Waals surface area contributed by atoms with Crippen molar-refractivity contribution in [2.24, 2.45) is 11.8 Å². The maximum absolute atomic E-state index is 5.93. The average Bonchev–Trinajstić information content (AvgIpc) is 2.69. The second-order valence-corrected chi connectivity index (χ2v) is 7.12. The van der Waals surface area contributed by atoms with Crippen molar-refractivity contribution in [3.8, 4) is 0 Å². The molecule has 1 heterocycles. The van der Waals surface area contributed by atoms with E-state index in [-0.39, 0.29) is 0 Å². The first-order valence-electron chi connectivity index (χ1n) is 6.64. The van der Waals surface area contributed by atoms with Gasteiger partial charge in [-0.2, -0.15) is 0 Å². The van der Waals surface area contributed by atoms with Gasteiger partial charge in [-0.1, -0.05) is 31.9 Å². The first kappa shape index (κ1) is 13.4. The minimum atomic E-state index is 0.708. The van der Waals surface area contributed by atoms with Crippen molar-refractivity contribution in [2.45, 2.75) is 45.6 Å². The van der Waals surface area contributed by atoms with E-state index in [1.807, 2.05) is 6.07 Å². The van der Waals surface area contributed by atoms with Crippen LogP contribution in [0.15, 0.2) is 12.1 Å². The van der Waals surface area contributed by atoms with Gasteiger partial charge in [0.05, 0.1) is 4.34 Å². The zero-order chi connectivity index (χ0) is 12.3. The highest BCUT2D eigenvalue weighted by molar-refractivity contribution is 7.16. The number of nitrogens with one attached hydrogen (secondary N) is 1. The lowest BCUT2D eigenvalue weighted by Crippen LogP contribution is -2.43. The maximum Gasteiger partial charge on any atom is 0.0931 e. The van der Waals surface area contributed by atoms with Gasteiger partial charge in [0.1, 0.15) is 0 Å². The van der Waals surface area contributed by atoms with Crippen LogP contribution in [0.1, 0.15) is 38.0 Å². The van der Waals surface area contributed by atoms with E-state index in [9.17, 15) is 0 Å². The molecule has 0 amide bonds. The van der Waals surface area contributed by atoms with Crippen LogP contribution in [0.2, 0.25) is 4.34 Å². The van der Waals surface area contributed by atoms with Gasteiger partial charge in [-0.25, -0.2) is 0 Å². The molecule has 2 atom stereocenters. The predicted octanol–water partition coefficient (Wildman–Crippen LogP) is 4.36. The van der Waals surface area contributed by atoms with Gasteiger partial charge in [0.15, 0.2) is 0 Å². The van der Waals surface area contributed by atoms with E-state index < -0.39 is 0 Å². The third-order valence-corrected chi connectivity index (χ3v) is 5.22.